The first-order valence-electron chi connectivity index (χ1n) is 8.04. The molecule has 3 saturated heterocycles. The second-order valence-electron chi connectivity index (χ2n) is 6.59. The molecule has 0 bridgehead atoms. The molecular formula is C16H23N3OS. The van der Waals surface area contributed by atoms with Crippen LogP contribution in [-0.2, 0) is 4.79 Å². The number of carbonyl (C=O) groups is 1. The molecule has 114 valence electrons. The molecule has 3 aliphatic heterocycles. The summed E-state index contributed by atoms with van der Waals surface area (Å²) < 4.78 is 0. The van der Waals surface area contributed by atoms with Crippen molar-refractivity contribution in [1.82, 2.24) is 15.1 Å². The molecule has 0 saturated carbocycles. The summed E-state index contributed by atoms with van der Waals surface area (Å²) in [6.07, 6.45) is 3.75. The molecule has 5 heteroatoms. The van der Waals surface area contributed by atoms with E-state index in [2.05, 4.69) is 34.2 Å². The summed E-state index contributed by atoms with van der Waals surface area (Å²) in [5, 5.41) is 3.51. The zero-order valence-corrected chi connectivity index (χ0v) is 13.5. The van der Waals surface area contributed by atoms with Gasteiger partial charge in [-0.1, -0.05) is 0 Å². The summed E-state index contributed by atoms with van der Waals surface area (Å²) in [6.45, 7) is 6.50. The summed E-state index contributed by atoms with van der Waals surface area (Å²) >= 11 is 1.81. The standard InChI is InChI=1S/C16H23N3OS/c1-10-5-6-14(21-10)15-17-11(2)16(20)19(15)13-7-9-18-8-3-4-12(13)18/h5-6,11-13,15,17H,3-4,7-9H2,1-2H3. The van der Waals surface area contributed by atoms with Gasteiger partial charge >= 0.3 is 0 Å². The molecule has 0 spiro atoms. The van der Waals surface area contributed by atoms with Crippen molar-refractivity contribution in [3.63, 3.8) is 0 Å². The maximum Gasteiger partial charge on any atom is 0.241 e. The van der Waals surface area contributed by atoms with Gasteiger partial charge < -0.3 is 4.90 Å². The molecule has 4 atom stereocenters. The lowest BCUT2D eigenvalue weighted by molar-refractivity contribution is -0.132. The van der Waals surface area contributed by atoms with Gasteiger partial charge in [0, 0.05) is 22.3 Å². The lowest BCUT2D eigenvalue weighted by atomic mass is 10.0. The SMILES string of the molecule is Cc1ccc(C2NC(C)C(=O)N2C2CCN3CCCC23)s1. The van der Waals surface area contributed by atoms with Crippen LogP contribution in [0.4, 0.5) is 0 Å². The predicted molar refractivity (Wildman–Crippen MR) is 84.2 cm³/mol. The molecular weight excluding hydrogens is 282 g/mol. The third kappa shape index (κ3) is 2.14. The van der Waals surface area contributed by atoms with Crippen molar-refractivity contribution in [2.45, 2.75) is 57.4 Å². The second kappa shape index (κ2) is 5.07. The third-order valence-corrected chi connectivity index (χ3v) is 6.32. The number of thiophene rings is 1. The first kappa shape index (κ1) is 13.7. The van der Waals surface area contributed by atoms with Crippen molar-refractivity contribution < 1.29 is 4.79 Å². The van der Waals surface area contributed by atoms with Crippen LogP contribution in [0, 0.1) is 6.92 Å². The number of carbonyl (C=O) groups excluding carboxylic acids is 1. The van der Waals surface area contributed by atoms with E-state index in [1.165, 1.54) is 29.1 Å². The number of rotatable bonds is 2. The fourth-order valence-corrected chi connectivity index (χ4v) is 5.23. The Bertz CT molecular complexity index is 557. The molecule has 1 amide bonds. The molecule has 0 aliphatic carbocycles. The van der Waals surface area contributed by atoms with E-state index in [0.29, 0.717) is 12.1 Å². The van der Waals surface area contributed by atoms with E-state index in [4.69, 9.17) is 0 Å². The molecule has 4 rings (SSSR count). The normalized spacial score (nSPS) is 36.7. The van der Waals surface area contributed by atoms with Gasteiger partial charge in [-0.15, -0.1) is 11.3 Å². The van der Waals surface area contributed by atoms with E-state index in [1.807, 2.05) is 6.92 Å². The molecule has 4 heterocycles. The third-order valence-electron chi connectivity index (χ3n) is 5.27. The Morgan fingerprint density at radius 1 is 1.24 bits per heavy atom. The number of hydrogen-bond donors (Lipinski definition) is 1. The topological polar surface area (TPSA) is 35.6 Å². The highest BCUT2D eigenvalue weighted by molar-refractivity contribution is 7.12. The van der Waals surface area contributed by atoms with E-state index in [1.54, 1.807) is 11.3 Å². The van der Waals surface area contributed by atoms with E-state index < -0.39 is 0 Å². The Morgan fingerprint density at radius 3 is 2.86 bits per heavy atom. The number of amides is 1. The number of hydrogen-bond acceptors (Lipinski definition) is 4. The smallest absolute Gasteiger partial charge is 0.241 e. The molecule has 3 aliphatic rings. The molecule has 1 aromatic rings. The lowest BCUT2D eigenvalue weighted by Crippen LogP contribution is -2.45. The van der Waals surface area contributed by atoms with Crippen LogP contribution in [0.5, 0.6) is 0 Å². The van der Waals surface area contributed by atoms with Crippen LogP contribution in [-0.4, -0.2) is 46.9 Å². The average molecular weight is 305 g/mol. The molecule has 0 radical (unpaired) electrons. The largest absolute Gasteiger partial charge is 0.316 e. The van der Waals surface area contributed by atoms with Gasteiger partial charge in [-0.2, -0.15) is 0 Å². The fourth-order valence-electron chi connectivity index (χ4n) is 4.29. The monoisotopic (exact) mass is 305 g/mol. The Labute approximate surface area is 130 Å². The Balaban J connectivity index is 1.65. The fraction of sp³-hybridized carbons (Fsp3) is 0.688. The molecule has 21 heavy (non-hydrogen) atoms. The lowest BCUT2D eigenvalue weighted by Gasteiger charge is -2.33. The van der Waals surface area contributed by atoms with Crippen molar-refractivity contribution in [2.24, 2.45) is 0 Å². The number of fused-ring (bicyclic) bond motifs is 1. The summed E-state index contributed by atoms with van der Waals surface area (Å²) in [6, 6.07) is 5.25. The zero-order chi connectivity index (χ0) is 14.6. The minimum absolute atomic E-state index is 0.0622. The van der Waals surface area contributed by atoms with Crippen molar-refractivity contribution >= 4 is 17.2 Å². The van der Waals surface area contributed by atoms with Gasteiger partial charge in [-0.25, -0.2) is 0 Å². The van der Waals surface area contributed by atoms with Crippen LogP contribution in [0.3, 0.4) is 0 Å². The van der Waals surface area contributed by atoms with Crippen LogP contribution in [0.15, 0.2) is 12.1 Å². The number of nitrogens with one attached hydrogen (secondary N) is 1. The van der Waals surface area contributed by atoms with Gasteiger partial charge in [0.05, 0.1) is 12.1 Å². The zero-order valence-electron chi connectivity index (χ0n) is 12.7. The van der Waals surface area contributed by atoms with Gasteiger partial charge in [-0.3, -0.25) is 15.0 Å². The maximum atomic E-state index is 12.7. The van der Waals surface area contributed by atoms with Crippen molar-refractivity contribution in [1.29, 1.82) is 0 Å². The van der Waals surface area contributed by atoms with Gasteiger partial charge in [0.25, 0.3) is 0 Å². The van der Waals surface area contributed by atoms with Crippen LogP contribution in [0.2, 0.25) is 0 Å². The minimum Gasteiger partial charge on any atom is -0.316 e. The van der Waals surface area contributed by atoms with Crippen LogP contribution >= 0.6 is 11.3 Å². The van der Waals surface area contributed by atoms with Crippen molar-refractivity contribution in [3.05, 3.63) is 21.9 Å². The molecule has 3 fully saturated rings. The average Bonchev–Trinajstić information content (AvgIpc) is 3.17. The maximum absolute atomic E-state index is 12.7. The summed E-state index contributed by atoms with van der Waals surface area (Å²) in [5.74, 6) is 0.282. The van der Waals surface area contributed by atoms with Crippen LogP contribution in [0.1, 0.15) is 42.1 Å². The van der Waals surface area contributed by atoms with Crippen LogP contribution < -0.4 is 5.32 Å². The quantitative estimate of drug-likeness (QED) is 0.909. The van der Waals surface area contributed by atoms with Crippen molar-refractivity contribution in [3.8, 4) is 0 Å². The van der Waals surface area contributed by atoms with E-state index >= 15 is 0 Å². The van der Waals surface area contributed by atoms with E-state index in [-0.39, 0.29) is 18.1 Å². The first-order valence-corrected chi connectivity index (χ1v) is 8.85. The number of nitrogens with zero attached hydrogens (tertiary/aromatic N) is 2. The summed E-state index contributed by atoms with van der Waals surface area (Å²) in [4.78, 5) is 20.1. The van der Waals surface area contributed by atoms with Gasteiger partial charge in [0.1, 0.15) is 6.17 Å². The molecule has 1 aromatic heterocycles. The van der Waals surface area contributed by atoms with E-state index in [9.17, 15) is 4.79 Å². The van der Waals surface area contributed by atoms with Crippen LogP contribution in [0.25, 0.3) is 0 Å². The van der Waals surface area contributed by atoms with Gasteiger partial charge in [0.2, 0.25) is 5.91 Å². The molecule has 4 unspecified atom stereocenters. The Morgan fingerprint density at radius 2 is 2.10 bits per heavy atom. The highest BCUT2D eigenvalue weighted by Gasteiger charge is 2.48. The summed E-state index contributed by atoms with van der Waals surface area (Å²) in [7, 11) is 0. The van der Waals surface area contributed by atoms with Crippen molar-refractivity contribution in [2.75, 3.05) is 13.1 Å². The number of aryl methyl sites for hydroxylation is 1. The minimum atomic E-state index is -0.0622. The highest BCUT2D eigenvalue weighted by Crippen LogP contribution is 2.39. The first-order chi connectivity index (χ1) is 10.1. The predicted octanol–water partition coefficient (Wildman–Crippen LogP) is 2.11. The second-order valence-corrected chi connectivity index (χ2v) is 7.91. The van der Waals surface area contributed by atoms with Gasteiger partial charge in [-0.05, 0) is 51.8 Å². The Hall–Kier alpha value is -0.910. The molecule has 0 aromatic carbocycles. The van der Waals surface area contributed by atoms with Gasteiger partial charge in [0.15, 0.2) is 0 Å². The molecule has 4 nitrogen and oxygen atoms in total. The summed E-state index contributed by atoms with van der Waals surface area (Å²) in [5.41, 5.74) is 0. The van der Waals surface area contributed by atoms with E-state index in [0.717, 1.165) is 13.0 Å². The highest BCUT2D eigenvalue weighted by atomic mass is 32.1. The molecule has 1 N–H and O–H groups in total. The Kier molecular flexibility index (Phi) is 3.32.